The van der Waals surface area contributed by atoms with Gasteiger partial charge in [-0.25, -0.2) is 9.37 Å². The molecule has 0 fully saturated rings. The van der Waals surface area contributed by atoms with Gasteiger partial charge in [0.05, 0.1) is 17.8 Å². The number of carbonyl (C=O) groups is 1. The zero-order chi connectivity index (χ0) is 16.8. The first-order valence-electron chi connectivity index (χ1n) is 7.58. The van der Waals surface area contributed by atoms with E-state index in [-0.39, 0.29) is 23.8 Å². The number of hydrogen-bond acceptors (Lipinski definition) is 4. The van der Waals surface area contributed by atoms with Crippen LogP contribution in [0.15, 0.2) is 34.4 Å². The maximum absolute atomic E-state index is 13.0. The second-order valence-corrected chi connectivity index (χ2v) is 6.66. The van der Waals surface area contributed by atoms with Crippen LogP contribution < -0.4 is 5.56 Å². The highest BCUT2D eigenvalue weighted by Gasteiger charge is 2.26. The molecule has 4 rings (SSSR count). The zero-order valence-electron chi connectivity index (χ0n) is 13.0. The summed E-state index contributed by atoms with van der Waals surface area (Å²) in [5.41, 5.74) is 2.49. The molecule has 0 radical (unpaired) electrons. The first kappa shape index (κ1) is 15.0. The second kappa shape index (κ2) is 5.52. The van der Waals surface area contributed by atoms with Crippen molar-refractivity contribution in [2.45, 2.75) is 19.9 Å². The Morgan fingerprint density at radius 1 is 1.29 bits per heavy atom. The number of halogens is 1. The monoisotopic (exact) mass is 343 g/mol. The van der Waals surface area contributed by atoms with Crippen molar-refractivity contribution in [3.63, 3.8) is 0 Å². The first-order valence-corrected chi connectivity index (χ1v) is 8.46. The average Bonchev–Trinajstić information content (AvgIpc) is 2.96. The average molecular weight is 343 g/mol. The fourth-order valence-corrected chi connectivity index (χ4v) is 3.86. The van der Waals surface area contributed by atoms with E-state index in [1.165, 1.54) is 35.6 Å². The Kier molecular flexibility index (Phi) is 3.45. The van der Waals surface area contributed by atoms with Gasteiger partial charge < -0.3 is 4.90 Å². The molecule has 0 spiro atoms. The third-order valence-electron chi connectivity index (χ3n) is 4.26. The summed E-state index contributed by atoms with van der Waals surface area (Å²) in [6.45, 7) is 2.59. The van der Waals surface area contributed by atoms with Gasteiger partial charge in [-0.2, -0.15) is 0 Å². The number of hydrogen-bond donors (Lipinski definition) is 0. The van der Waals surface area contributed by atoms with Gasteiger partial charge in [0, 0.05) is 29.6 Å². The minimum absolute atomic E-state index is 0.106. The summed E-state index contributed by atoms with van der Waals surface area (Å²) in [6, 6.07) is 5.45. The quantitative estimate of drug-likeness (QED) is 0.682. The Morgan fingerprint density at radius 2 is 2.04 bits per heavy atom. The molecular formula is C17H14FN3O2S. The summed E-state index contributed by atoms with van der Waals surface area (Å²) < 4.78 is 14.6. The molecule has 1 amide bonds. The van der Waals surface area contributed by atoms with Crippen LogP contribution in [0.4, 0.5) is 4.39 Å². The van der Waals surface area contributed by atoms with Gasteiger partial charge >= 0.3 is 0 Å². The Balaban J connectivity index is 1.71. The lowest BCUT2D eigenvalue weighted by molar-refractivity contribution is 0.0732. The standard InChI is InChI=1S/C17H14FN3O2S/c1-10-9-24-17-19-14-6-7-20(8-13(14)16(23)21(10)17)15(22)11-2-4-12(18)5-3-11/h2-5,9H,6-8H2,1H3. The summed E-state index contributed by atoms with van der Waals surface area (Å²) >= 11 is 1.44. The van der Waals surface area contributed by atoms with Crippen LogP contribution in [0.5, 0.6) is 0 Å². The topological polar surface area (TPSA) is 54.7 Å². The number of nitrogens with zero attached hydrogens (tertiary/aromatic N) is 3. The van der Waals surface area contributed by atoms with Crippen LogP contribution in [-0.2, 0) is 13.0 Å². The van der Waals surface area contributed by atoms with Gasteiger partial charge in [0.25, 0.3) is 11.5 Å². The number of carbonyl (C=O) groups excluding carboxylic acids is 1. The molecule has 1 aromatic carbocycles. The largest absolute Gasteiger partial charge is 0.334 e. The van der Waals surface area contributed by atoms with Gasteiger partial charge in [0.2, 0.25) is 0 Å². The van der Waals surface area contributed by atoms with Gasteiger partial charge in [-0.05, 0) is 31.2 Å². The molecular weight excluding hydrogens is 329 g/mol. The van der Waals surface area contributed by atoms with Crippen molar-refractivity contribution in [2.75, 3.05) is 6.54 Å². The SMILES string of the molecule is Cc1csc2nc3c(c(=O)n12)CN(C(=O)c1ccc(F)cc1)CC3. The Morgan fingerprint density at radius 3 is 2.79 bits per heavy atom. The van der Waals surface area contributed by atoms with Crippen molar-refractivity contribution in [3.05, 3.63) is 68.3 Å². The molecule has 24 heavy (non-hydrogen) atoms. The molecule has 0 unspecified atom stereocenters. The molecule has 0 saturated carbocycles. The molecule has 1 aliphatic rings. The zero-order valence-corrected chi connectivity index (χ0v) is 13.8. The molecule has 5 nitrogen and oxygen atoms in total. The Bertz CT molecular complexity index is 1010. The Labute approximate surface area is 141 Å². The van der Waals surface area contributed by atoms with E-state index in [1.54, 1.807) is 9.30 Å². The summed E-state index contributed by atoms with van der Waals surface area (Å²) in [5, 5.41) is 1.90. The highest BCUT2D eigenvalue weighted by atomic mass is 32.1. The molecule has 0 aliphatic carbocycles. The fraction of sp³-hybridized carbons (Fsp3) is 0.235. The van der Waals surface area contributed by atoms with Crippen molar-refractivity contribution in [1.29, 1.82) is 0 Å². The number of amides is 1. The first-order chi connectivity index (χ1) is 11.5. The van der Waals surface area contributed by atoms with Crippen molar-refractivity contribution in [2.24, 2.45) is 0 Å². The summed E-state index contributed by atoms with van der Waals surface area (Å²) in [4.78, 5) is 32.2. The summed E-state index contributed by atoms with van der Waals surface area (Å²) in [6.07, 6.45) is 0.547. The van der Waals surface area contributed by atoms with Gasteiger partial charge in [-0.3, -0.25) is 14.0 Å². The van der Waals surface area contributed by atoms with Crippen molar-refractivity contribution in [1.82, 2.24) is 14.3 Å². The van der Waals surface area contributed by atoms with Crippen LogP contribution in [0.3, 0.4) is 0 Å². The van der Waals surface area contributed by atoms with E-state index in [4.69, 9.17) is 0 Å². The lowest BCUT2D eigenvalue weighted by Gasteiger charge is -2.27. The van der Waals surface area contributed by atoms with Crippen LogP contribution in [0, 0.1) is 12.7 Å². The minimum Gasteiger partial charge on any atom is -0.334 e. The van der Waals surface area contributed by atoms with E-state index < -0.39 is 0 Å². The molecule has 0 bridgehead atoms. The number of benzene rings is 1. The van der Waals surface area contributed by atoms with E-state index in [0.29, 0.717) is 29.1 Å². The van der Waals surface area contributed by atoms with Crippen LogP contribution >= 0.6 is 11.3 Å². The molecule has 2 aromatic heterocycles. The molecule has 3 aromatic rings. The third-order valence-corrected chi connectivity index (χ3v) is 5.21. The third kappa shape index (κ3) is 2.32. The Hall–Kier alpha value is -2.54. The number of rotatable bonds is 1. The van der Waals surface area contributed by atoms with Gasteiger partial charge in [0.15, 0.2) is 4.96 Å². The van der Waals surface area contributed by atoms with E-state index in [2.05, 4.69) is 4.98 Å². The predicted octanol–water partition coefficient (Wildman–Crippen LogP) is 2.40. The van der Waals surface area contributed by atoms with E-state index in [9.17, 15) is 14.0 Å². The number of aryl methyl sites for hydroxylation is 1. The van der Waals surface area contributed by atoms with Crippen molar-refractivity contribution in [3.8, 4) is 0 Å². The molecule has 122 valence electrons. The van der Waals surface area contributed by atoms with Crippen LogP contribution in [0.1, 0.15) is 27.3 Å². The van der Waals surface area contributed by atoms with Crippen molar-refractivity contribution < 1.29 is 9.18 Å². The lowest BCUT2D eigenvalue weighted by Crippen LogP contribution is -2.40. The molecule has 0 saturated heterocycles. The molecule has 3 heterocycles. The summed E-state index contributed by atoms with van der Waals surface area (Å²) in [5.74, 6) is -0.583. The maximum atomic E-state index is 13.0. The van der Waals surface area contributed by atoms with E-state index in [0.717, 1.165) is 11.4 Å². The van der Waals surface area contributed by atoms with Crippen LogP contribution in [0.2, 0.25) is 0 Å². The van der Waals surface area contributed by atoms with Crippen LogP contribution in [0.25, 0.3) is 4.96 Å². The highest BCUT2D eigenvalue weighted by molar-refractivity contribution is 7.15. The van der Waals surface area contributed by atoms with E-state index >= 15 is 0 Å². The van der Waals surface area contributed by atoms with Gasteiger partial charge in [-0.15, -0.1) is 11.3 Å². The maximum Gasteiger partial charge on any atom is 0.264 e. The molecule has 7 heteroatoms. The summed E-state index contributed by atoms with van der Waals surface area (Å²) in [7, 11) is 0. The smallest absolute Gasteiger partial charge is 0.264 e. The van der Waals surface area contributed by atoms with Crippen molar-refractivity contribution >= 4 is 22.2 Å². The van der Waals surface area contributed by atoms with Gasteiger partial charge in [-0.1, -0.05) is 0 Å². The molecule has 0 atom stereocenters. The van der Waals surface area contributed by atoms with E-state index in [1.807, 2.05) is 12.3 Å². The van der Waals surface area contributed by atoms with Gasteiger partial charge in [0.1, 0.15) is 5.82 Å². The highest BCUT2D eigenvalue weighted by Crippen LogP contribution is 2.20. The van der Waals surface area contributed by atoms with Crippen LogP contribution in [-0.4, -0.2) is 26.7 Å². The molecule has 0 N–H and O–H groups in total. The number of aromatic nitrogens is 2. The normalized spacial score (nSPS) is 14.0. The number of thiazole rings is 1. The fourth-order valence-electron chi connectivity index (χ4n) is 2.98. The second-order valence-electron chi connectivity index (χ2n) is 5.82. The predicted molar refractivity (Wildman–Crippen MR) is 88.9 cm³/mol. The number of fused-ring (bicyclic) bond motifs is 2. The lowest BCUT2D eigenvalue weighted by atomic mass is 10.1. The molecule has 1 aliphatic heterocycles. The minimum atomic E-state index is -0.381.